The molecule has 0 aliphatic rings. The highest BCUT2D eigenvalue weighted by Gasteiger charge is 2.04. The Kier molecular flexibility index (Phi) is 3.84. The molecule has 0 unspecified atom stereocenters. The number of aromatic nitrogens is 2. The van der Waals surface area contributed by atoms with Crippen LogP contribution in [0.15, 0.2) is 12.4 Å². The van der Waals surface area contributed by atoms with Gasteiger partial charge in [-0.1, -0.05) is 0 Å². The number of hydrogen-bond donors (Lipinski definition) is 2. The average molecular weight is 209 g/mol. The maximum absolute atomic E-state index is 11.2. The van der Waals surface area contributed by atoms with Gasteiger partial charge in [0.2, 0.25) is 5.91 Å². The first-order valence-electron chi connectivity index (χ1n) is 4.61. The van der Waals surface area contributed by atoms with Gasteiger partial charge in [-0.3, -0.25) is 4.79 Å². The van der Waals surface area contributed by atoms with E-state index < -0.39 is 0 Å². The molecule has 6 heteroatoms. The van der Waals surface area contributed by atoms with E-state index in [2.05, 4.69) is 15.3 Å². The van der Waals surface area contributed by atoms with Gasteiger partial charge in [0.1, 0.15) is 0 Å². The Balaban J connectivity index is 2.38. The van der Waals surface area contributed by atoms with Crippen molar-refractivity contribution in [2.75, 3.05) is 31.7 Å². The van der Waals surface area contributed by atoms with Gasteiger partial charge in [0.15, 0.2) is 11.6 Å². The van der Waals surface area contributed by atoms with Crippen LogP contribution in [-0.4, -0.2) is 41.4 Å². The summed E-state index contributed by atoms with van der Waals surface area (Å²) < 4.78 is 0. The summed E-state index contributed by atoms with van der Waals surface area (Å²) >= 11 is 0. The van der Waals surface area contributed by atoms with Gasteiger partial charge in [0.25, 0.3) is 0 Å². The molecule has 0 bridgehead atoms. The number of amides is 1. The van der Waals surface area contributed by atoms with E-state index in [-0.39, 0.29) is 5.91 Å². The summed E-state index contributed by atoms with van der Waals surface area (Å²) in [6.45, 7) is 0.500. The molecule has 1 heterocycles. The SMILES string of the molecule is CN(C)C(=O)CCNc1nccnc1N. The highest BCUT2D eigenvalue weighted by atomic mass is 16.2. The van der Waals surface area contributed by atoms with Gasteiger partial charge in [-0.15, -0.1) is 0 Å². The zero-order valence-electron chi connectivity index (χ0n) is 8.90. The predicted molar refractivity (Wildman–Crippen MR) is 58.2 cm³/mol. The Morgan fingerprint density at radius 2 is 2.13 bits per heavy atom. The summed E-state index contributed by atoms with van der Waals surface area (Å²) in [5, 5.41) is 2.95. The van der Waals surface area contributed by atoms with Crippen molar-refractivity contribution in [2.45, 2.75) is 6.42 Å². The topological polar surface area (TPSA) is 84.1 Å². The van der Waals surface area contributed by atoms with Gasteiger partial charge in [-0.05, 0) is 0 Å². The van der Waals surface area contributed by atoms with Crippen LogP contribution in [0.1, 0.15) is 6.42 Å². The standard InChI is InChI=1S/C9H15N5O/c1-14(2)7(15)3-4-12-9-8(10)11-5-6-13-9/h5-6H,3-4H2,1-2H3,(H2,10,11)(H,12,13). The molecule has 3 N–H and O–H groups in total. The fraction of sp³-hybridized carbons (Fsp3) is 0.444. The zero-order valence-corrected chi connectivity index (χ0v) is 8.90. The van der Waals surface area contributed by atoms with Gasteiger partial charge >= 0.3 is 0 Å². The number of nitrogens with two attached hydrogens (primary N) is 1. The molecule has 0 aromatic carbocycles. The molecule has 1 aromatic heterocycles. The second-order valence-corrected chi connectivity index (χ2v) is 3.26. The minimum absolute atomic E-state index is 0.0601. The number of carbonyl (C=O) groups excluding carboxylic acids is 1. The molecule has 0 aliphatic carbocycles. The molecule has 0 radical (unpaired) electrons. The van der Waals surface area contributed by atoms with Crippen molar-refractivity contribution in [1.82, 2.24) is 14.9 Å². The Labute approximate surface area is 88.5 Å². The third kappa shape index (κ3) is 3.41. The summed E-state index contributed by atoms with van der Waals surface area (Å²) in [6.07, 6.45) is 3.47. The fourth-order valence-corrected chi connectivity index (χ4v) is 0.996. The van der Waals surface area contributed by atoms with Gasteiger partial charge in [-0.2, -0.15) is 0 Å². The molecule has 1 amide bonds. The summed E-state index contributed by atoms with van der Waals surface area (Å²) in [5.41, 5.74) is 5.57. The molecular formula is C9H15N5O. The van der Waals surface area contributed by atoms with Gasteiger partial charge in [-0.25, -0.2) is 9.97 Å². The Bertz CT molecular complexity index is 339. The minimum Gasteiger partial charge on any atom is -0.381 e. The van der Waals surface area contributed by atoms with Crippen molar-refractivity contribution in [1.29, 1.82) is 0 Å². The highest BCUT2D eigenvalue weighted by molar-refractivity contribution is 5.76. The van der Waals surface area contributed by atoms with Crippen LogP contribution >= 0.6 is 0 Å². The van der Waals surface area contributed by atoms with Crippen molar-refractivity contribution in [3.8, 4) is 0 Å². The second-order valence-electron chi connectivity index (χ2n) is 3.26. The molecule has 0 saturated carbocycles. The number of rotatable bonds is 4. The quantitative estimate of drug-likeness (QED) is 0.726. The van der Waals surface area contributed by atoms with Crippen LogP contribution < -0.4 is 11.1 Å². The van der Waals surface area contributed by atoms with E-state index in [0.717, 1.165) is 0 Å². The van der Waals surface area contributed by atoms with Crippen LogP contribution in [0, 0.1) is 0 Å². The lowest BCUT2D eigenvalue weighted by Gasteiger charge is -2.11. The van der Waals surface area contributed by atoms with Crippen molar-refractivity contribution in [2.24, 2.45) is 0 Å². The van der Waals surface area contributed by atoms with Crippen LogP contribution in [0.5, 0.6) is 0 Å². The number of nitrogens with one attached hydrogen (secondary N) is 1. The number of nitrogens with zero attached hydrogens (tertiary/aromatic N) is 3. The molecule has 6 nitrogen and oxygen atoms in total. The van der Waals surface area contributed by atoms with Crippen molar-refractivity contribution < 1.29 is 4.79 Å². The predicted octanol–water partition coefficient (Wildman–Crippen LogP) is -0.0510. The average Bonchev–Trinajstić information content (AvgIpc) is 2.20. The number of nitrogen functional groups attached to an aromatic ring is 1. The van der Waals surface area contributed by atoms with Gasteiger partial charge in [0, 0.05) is 39.5 Å². The third-order valence-electron chi connectivity index (χ3n) is 1.86. The first kappa shape index (κ1) is 11.2. The van der Waals surface area contributed by atoms with E-state index in [1.807, 2.05) is 0 Å². The zero-order chi connectivity index (χ0) is 11.3. The molecule has 0 saturated heterocycles. The van der Waals surface area contributed by atoms with Crippen LogP contribution in [-0.2, 0) is 4.79 Å². The first-order chi connectivity index (χ1) is 7.11. The summed E-state index contributed by atoms with van der Waals surface area (Å²) in [5.74, 6) is 0.920. The van der Waals surface area contributed by atoms with Gasteiger partial charge in [0.05, 0.1) is 0 Å². The van der Waals surface area contributed by atoms with E-state index in [0.29, 0.717) is 24.6 Å². The summed E-state index contributed by atoms with van der Waals surface area (Å²) in [7, 11) is 3.44. The lowest BCUT2D eigenvalue weighted by molar-refractivity contribution is -0.128. The Morgan fingerprint density at radius 1 is 1.47 bits per heavy atom. The maximum atomic E-state index is 11.2. The van der Waals surface area contributed by atoms with E-state index in [4.69, 9.17) is 5.73 Å². The monoisotopic (exact) mass is 209 g/mol. The molecule has 15 heavy (non-hydrogen) atoms. The molecule has 0 aliphatic heterocycles. The van der Waals surface area contributed by atoms with Crippen LogP contribution in [0.25, 0.3) is 0 Å². The van der Waals surface area contributed by atoms with Crippen LogP contribution in [0.2, 0.25) is 0 Å². The number of carbonyl (C=O) groups is 1. The van der Waals surface area contributed by atoms with E-state index in [9.17, 15) is 4.79 Å². The van der Waals surface area contributed by atoms with Crippen LogP contribution in [0.4, 0.5) is 11.6 Å². The molecule has 1 rings (SSSR count). The van der Waals surface area contributed by atoms with E-state index in [1.54, 1.807) is 25.2 Å². The Hall–Kier alpha value is -1.85. The van der Waals surface area contributed by atoms with Crippen LogP contribution in [0.3, 0.4) is 0 Å². The van der Waals surface area contributed by atoms with Crippen molar-refractivity contribution in [3.63, 3.8) is 0 Å². The highest BCUT2D eigenvalue weighted by Crippen LogP contribution is 2.08. The molecule has 82 valence electrons. The number of anilines is 2. The lowest BCUT2D eigenvalue weighted by atomic mass is 10.4. The van der Waals surface area contributed by atoms with E-state index in [1.165, 1.54) is 6.20 Å². The van der Waals surface area contributed by atoms with Crippen molar-refractivity contribution in [3.05, 3.63) is 12.4 Å². The molecule has 0 atom stereocenters. The molecular weight excluding hydrogens is 194 g/mol. The third-order valence-corrected chi connectivity index (χ3v) is 1.86. The lowest BCUT2D eigenvalue weighted by Crippen LogP contribution is -2.24. The van der Waals surface area contributed by atoms with Gasteiger partial charge < -0.3 is 16.0 Å². The number of hydrogen-bond acceptors (Lipinski definition) is 5. The maximum Gasteiger partial charge on any atom is 0.223 e. The molecule has 0 fully saturated rings. The normalized spacial score (nSPS) is 9.73. The fourth-order valence-electron chi connectivity index (χ4n) is 0.996. The Morgan fingerprint density at radius 3 is 2.73 bits per heavy atom. The molecule has 1 aromatic rings. The van der Waals surface area contributed by atoms with Crippen molar-refractivity contribution >= 4 is 17.5 Å². The second kappa shape index (κ2) is 5.14. The molecule has 0 spiro atoms. The smallest absolute Gasteiger partial charge is 0.223 e. The summed E-state index contributed by atoms with van der Waals surface area (Å²) in [6, 6.07) is 0. The largest absolute Gasteiger partial charge is 0.381 e. The van der Waals surface area contributed by atoms with E-state index >= 15 is 0 Å². The first-order valence-corrected chi connectivity index (χ1v) is 4.61. The summed E-state index contributed by atoms with van der Waals surface area (Å²) in [4.78, 5) is 20.6. The minimum atomic E-state index is 0.0601.